The Hall–Kier alpha value is 0.210. The summed E-state index contributed by atoms with van der Waals surface area (Å²) in [5, 5.41) is 9.45. The Morgan fingerprint density at radius 1 is 1.86 bits per heavy atom. The summed E-state index contributed by atoms with van der Waals surface area (Å²) in [5.41, 5.74) is 0. The molecule has 7 heavy (non-hydrogen) atoms. The summed E-state index contributed by atoms with van der Waals surface area (Å²) in [6.07, 6.45) is 0. The zero-order valence-electron chi connectivity index (χ0n) is 4.19. The van der Waals surface area contributed by atoms with Crippen LogP contribution in [0.2, 0.25) is 0 Å². The van der Waals surface area contributed by atoms with Gasteiger partial charge in [0, 0.05) is 7.11 Å². The second-order valence-corrected chi connectivity index (χ2v) is 1.84. The number of hydrogen-bond donors (Lipinski definition) is 0. The minimum absolute atomic E-state index is 0.268. The second kappa shape index (κ2) is 4.37. The van der Waals surface area contributed by atoms with E-state index in [2.05, 4.69) is 4.74 Å². The van der Waals surface area contributed by atoms with Crippen LogP contribution in [0.25, 0.3) is 0 Å². The van der Waals surface area contributed by atoms with Crippen molar-refractivity contribution in [3.8, 4) is 0 Å². The third kappa shape index (κ3) is 4.05. The molecule has 0 aromatic heterocycles. The molecular weight excluding hydrogens is 115 g/mol. The number of hydrogen-bond acceptors (Lipinski definition) is 1. The zero-order valence-corrected chi connectivity index (χ0v) is 4.94. The summed E-state index contributed by atoms with van der Waals surface area (Å²) >= 11 is 5.33. The summed E-state index contributed by atoms with van der Waals surface area (Å²) in [6, 6.07) is 0. The molecule has 0 amide bonds. The third-order valence-electron chi connectivity index (χ3n) is 0.528. The van der Waals surface area contributed by atoms with Crippen LogP contribution in [0.5, 0.6) is 0 Å². The summed E-state index contributed by atoms with van der Waals surface area (Å²) in [6.45, 7) is 0.0838. The average Bonchev–Trinajstić information content (AvgIpc) is 1.68. The number of alkyl halides is 1. The highest BCUT2D eigenvalue weighted by atomic mass is 35.5. The van der Waals surface area contributed by atoms with Crippen molar-refractivity contribution in [2.24, 2.45) is 0 Å². The van der Waals surface area contributed by atoms with Gasteiger partial charge < -0.3 is 4.74 Å². The Bertz CT molecular complexity index is 40.7. The molecule has 0 aromatic carbocycles. The molecular formula is C4H8ClO2. The molecule has 1 unspecified atom stereocenters. The van der Waals surface area contributed by atoms with Crippen molar-refractivity contribution in [1.29, 1.82) is 0 Å². The normalized spacial score (nSPS) is 14.1. The van der Waals surface area contributed by atoms with E-state index in [1.165, 1.54) is 7.11 Å². The fourth-order valence-corrected chi connectivity index (χ4v) is 0.355. The largest absolute Gasteiger partial charge is 0.383 e. The zero-order chi connectivity index (χ0) is 5.70. The summed E-state index contributed by atoms with van der Waals surface area (Å²) < 4.78 is 4.56. The van der Waals surface area contributed by atoms with Gasteiger partial charge in [-0.3, -0.25) is 0 Å². The molecule has 0 aromatic rings. The van der Waals surface area contributed by atoms with E-state index < -0.39 is 0 Å². The monoisotopic (exact) mass is 123 g/mol. The maximum Gasteiger partial charge on any atom is 0.101 e. The van der Waals surface area contributed by atoms with Gasteiger partial charge >= 0.3 is 0 Å². The smallest absolute Gasteiger partial charge is 0.101 e. The van der Waals surface area contributed by atoms with E-state index in [0.717, 1.165) is 0 Å². The lowest BCUT2D eigenvalue weighted by atomic mass is 10.5. The first-order valence-corrected chi connectivity index (χ1v) is 2.46. The van der Waals surface area contributed by atoms with Crippen LogP contribution in [-0.2, 0) is 9.84 Å². The Balaban J connectivity index is 2.83. The van der Waals surface area contributed by atoms with Gasteiger partial charge in [-0.2, -0.15) is 0 Å². The number of halogens is 1. The maximum absolute atomic E-state index is 9.81. The highest BCUT2D eigenvalue weighted by Gasteiger charge is 1.99. The molecule has 1 atom stereocenters. The molecule has 0 saturated heterocycles. The molecule has 0 N–H and O–H groups in total. The van der Waals surface area contributed by atoms with Gasteiger partial charge in [-0.25, -0.2) is 5.11 Å². The summed E-state index contributed by atoms with van der Waals surface area (Å²) in [5.74, 6) is 0. The fraction of sp³-hybridized carbons (Fsp3) is 1.00. The fourth-order valence-electron chi connectivity index (χ4n) is 0.229. The van der Waals surface area contributed by atoms with Crippen LogP contribution in [0.3, 0.4) is 0 Å². The maximum atomic E-state index is 9.81. The molecule has 0 heterocycles. The molecule has 0 spiro atoms. The first-order valence-electron chi connectivity index (χ1n) is 2.02. The standard InChI is InChI=1S/C4H8ClO2/c1-7-3-4(5)2-6/h4H,2-3H2,1H3. The Kier molecular flexibility index (Phi) is 4.50. The van der Waals surface area contributed by atoms with Crippen molar-refractivity contribution < 1.29 is 9.84 Å². The lowest BCUT2D eigenvalue weighted by Crippen LogP contribution is -2.10. The van der Waals surface area contributed by atoms with Gasteiger partial charge in [0.1, 0.15) is 6.61 Å². The van der Waals surface area contributed by atoms with Crippen molar-refractivity contribution in [2.45, 2.75) is 5.38 Å². The predicted octanol–water partition coefficient (Wildman–Crippen LogP) is 0.671. The molecule has 0 rings (SSSR count). The Morgan fingerprint density at radius 2 is 2.43 bits per heavy atom. The van der Waals surface area contributed by atoms with E-state index in [1.807, 2.05) is 0 Å². The van der Waals surface area contributed by atoms with Crippen LogP contribution in [0, 0.1) is 0 Å². The summed E-state index contributed by atoms with van der Waals surface area (Å²) in [7, 11) is 1.52. The lowest BCUT2D eigenvalue weighted by Gasteiger charge is -1.98. The van der Waals surface area contributed by atoms with E-state index in [-0.39, 0.29) is 12.0 Å². The second-order valence-electron chi connectivity index (χ2n) is 1.22. The molecule has 0 aliphatic carbocycles. The first-order chi connectivity index (χ1) is 3.31. The van der Waals surface area contributed by atoms with E-state index >= 15 is 0 Å². The van der Waals surface area contributed by atoms with Gasteiger partial charge in [-0.05, 0) is 0 Å². The Morgan fingerprint density at radius 3 is 2.57 bits per heavy atom. The van der Waals surface area contributed by atoms with Crippen LogP contribution in [0.1, 0.15) is 0 Å². The topological polar surface area (TPSA) is 29.1 Å². The first kappa shape index (κ1) is 7.21. The van der Waals surface area contributed by atoms with Crippen molar-refractivity contribution in [3.05, 3.63) is 0 Å². The van der Waals surface area contributed by atoms with E-state index in [4.69, 9.17) is 11.6 Å². The van der Waals surface area contributed by atoms with Crippen LogP contribution >= 0.6 is 11.6 Å². The summed E-state index contributed by atoms with van der Waals surface area (Å²) in [4.78, 5) is 0. The molecule has 1 radical (unpaired) electrons. The van der Waals surface area contributed by atoms with Crippen LogP contribution in [-0.4, -0.2) is 25.7 Å². The highest BCUT2D eigenvalue weighted by Crippen LogP contribution is 1.92. The molecule has 2 nitrogen and oxygen atoms in total. The third-order valence-corrected chi connectivity index (χ3v) is 0.780. The van der Waals surface area contributed by atoms with Gasteiger partial charge in [0.25, 0.3) is 0 Å². The molecule has 3 heteroatoms. The van der Waals surface area contributed by atoms with Crippen molar-refractivity contribution in [3.63, 3.8) is 0 Å². The Labute approximate surface area is 48.0 Å². The molecule has 0 aliphatic rings. The minimum Gasteiger partial charge on any atom is -0.383 e. The lowest BCUT2D eigenvalue weighted by molar-refractivity contribution is 0.137. The number of ether oxygens (including phenoxy) is 1. The molecule has 0 bridgehead atoms. The average molecular weight is 124 g/mol. The SMILES string of the molecule is COCC(Cl)C[O]. The van der Waals surface area contributed by atoms with Crippen LogP contribution in [0.4, 0.5) is 0 Å². The minimum atomic E-state index is -0.356. The molecule has 0 saturated carbocycles. The molecule has 0 aliphatic heterocycles. The van der Waals surface area contributed by atoms with Gasteiger partial charge in [-0.15, -0.1) is 11.6 Å². The molecule has 0 fully saturated rings. The highest BCUT2D eigenvalue weighted by molar-refractivity contribution is 6.20. The predicted molar refractivity (Wildman–Crippen MR) is 27.1 cm³/mol. The van der Waals surface area contributed by atoms with Crippen LogP contribution < -0.4 is 0 Å². The van der Waals surface area contributed by atoms with Gasteiger partial charge in [0.15, 0.2) is 0 Å². The van der Waals surface area contributed by atoms with Gasteiger partial charge in [-0.1, -0.05) is 0 Å². The van der Waals surface area contributed by atoms with Crippen LogP contribution in [0.15, 0.2) is 0 Å². The number of rotatable bonds is 3. The van der Waals surface area contributed by atoms with Gasteiger partial charge in [0.2, 0.25) is 0 Å². The van der Waals surface area contributed by atoms with E-state index in [0.29, 0.717) is 6.61 Å². The van der Waals surface area contributed by atoms with Crippen molar-refractivity contribution in [1.82, 2.24) is 0 Å². The van der Waals surface area contributed by atoms with E-state index in [1.54, 1.807) is 0 Å². The van der Waals surface area contributed by atoms with Crippen molar-refractivity contribution >= 4 is 11.6 Å². The molecule has 43 valence electrons. The van der Waals surface area contributed by atoms with Gasteiger partial charge in [0.05, 0.1) is 12.0 Å². The quantitative estimate of drug-likeness (QED) is 0.507. The number of methoxy groups -OCH3 is 1. The van der Waals surface area contributed by atoms with E-state index in [9.17, 15) is 5.11 Å². The van der Waals surface area contributed by atoms with Crippen molar-refractivity contribution in [2.75, 3.05) is 20.3 Å².